The lowest BCUT2D eigenvalue weighted by molar-refractivity contribution is -0.130. The molecule has 4 heteroatoms. The summed E-state index contributed by atoms with van der Waals surface area (Å²) in [5.74, 6) is 0.0624. The van der Waals surface area contributed by atoms with Gasteiger partial charge >= 0.3 is 0 Å². The third-order valence-electron chi connectivity index (χ3n) is 3.64. The second-order valence-electron chi connectivity index (χ2n) is 5.06. The Morgan fingerprint density at radius 3 is 2.48 bits per heavy atom. The quantitative estimate of drug-likeness (QED) is 0.919. The summed E-state index contributed by atoms with van der Waals surface area (Å²) in [6.07, 6.45) is 0.598. The largest absolute Gasteiger partial charge is 0.508 e. The minimum atomic E-state index is -0.251. The van der Waals surface area contributed by atoms with Gasteiger partial charge in [0, 0.05) is 18.9 Å². The molecule has 0 spiro atoms. The molecule has 0 bridgehead atoms. The number of nitrogens with zero attached hydrogens (tertiary/aromatic N) is 2. The fourth-order valence-corrected chi connectivity index (χ4v) is 2.62. The van der Waals surface area contributed by atoms with Crippen molar-refractivity contribution in [3.8, 4) is 5.75 Å². The molecule has 3 rings (SSSR count). The Labute approximate surface area is 123 Å². The number of para-hydroxylation sites is 1. The third-order valence-corrected chi connectivity index (χ3v) is 3.64. The van der Waals surface area contributed by atoms with E-state index in [9.17, 15) is 9.90 Å². The highest BCUT2D eigenvalue weighted by Crippen LogP contribution is 2.36. The molecule has 21 heavy (non-hydrogen) atoms. The zero-order chi connectivity index (χ0) is 14.8. The van der Waals surface area contributed by atoms with Crippen LogP contribution in [-0.4, -0.2) is 21.7 Å². The van der Waals surface area contributed by atoms with Crippen molar-refractivity contribution < 1.29 is 9.90 Å². The summed E-state index contributed by atoms with van der Waals surface area (Å²) in [6.45, 7) is 1.49. The standard InChI is InChI=1S/C17H16N2O2/c1-12(20)19-16(14-9-5-6-10-17(14)21)11-15(18-19)13-7-3-2-4-8-13/h2-10,16,21H,11H2,1H3. The summed E-state index contributed by atoms with van der Waals surface area (Å²) in [4.78, 5) is 11.9. The maximum Gasteiger partial charge on any atom is 0.240 e. The predicted molar refractivity (Wildman–Crippen MR) is 81.0 cm³/mol. The van der Waals surface area contributed by atoms with Crippen LogP contribution in [0.4, 0.5) is 0 Å². The summed E-state index contributed by atoms with van der Waals surface area (Å²) in [6, 6.07) is 16.6. The molecule has 0 radical (unpaired) electrons. The first kappa shape index (κ1) is 13.4. The minimum Gasteiger partial charge on any atom is -0.508 e. The maximum atomic E-state index is 11.9. The van der Waals surface area contributed by atoms with E-state index in [1.54, 1.807) is 12.1 Å². The van der Waals surface area contributed by atoms with Crippen molar-refractivity contribution in [2.24, 2.45) is 5.10 Å². The van der Waals surface area contributed by atoms with E-state index >= 15 is 0 Å². The first-order chi connectivity index (χ1) is 10.2. The summed E-state index contributed by atoms with van der Waals surface area (Å²) < 4.78 is 0. The normalized spacial score (nSPS) is 17.7. The molecule has 0 aliphatic carbocycles. The van der Waals surface area contributed by atoms with Crippen LogP contribution in [0.2, 0.25) is 0 Å². The van der Waals surface area contributed by atoms with Gasteiger partial charge in [0.1, 0.15) is 5.75 Å². The van der Waals surface area contributed by atoms with Gasteiger partial charge in [0.15, 0.2) is 0 Å². The molecule has 1 aliphatic heterocycles. The van der Waals surface area contributed by atoms with Crippen molar-refractivity contribution in [2.75, 3.05) is 0 Å². The van der Waals surface area contributed by atoms with Gasteiger partial charge in [-0.15, -0.1) is 0 Å². The average Bonchev–Trinajstić information content (AvgIpc) is 2.94. The molecule has 1 amide bonds. The number of hydrazone groups is 1. The van der Waals surface area contributed by atoms with E-state index in [2.05, 4.69) is 5.10 Å². The fraction of sp³-hybridized carbons (Fsp3) is 0.176. The van der Waals surface area contributed by atoms with E-state index in [1.807, 2.05) is 42.5 Å². The average molecular weight is 280 g/mol. The number of phenolic OH excluding ortho intramolecular Hbond substituents is 1. The molecule has 106 valence electrons. The Kier molecular flexibility index (Phi) is 3.44. The molecule has 1 unspecified atom stereocenters. The van der Waals surface area contributed by atoms with Gasteiger partial charge < -0.3 is 5.11 Å². The van der Waals surface area contributed by atoms with E-state index in [-0.39, 0.29) is 17.7 Å². The minimum absolute atomic E-state index is 0.130. The second-order valence-corrected chi connectivity index (χ2v) is 5.06. The van der Waals surface area contributed by atoms with Gasteiger partial charge in [-0.25, -0.2) is 5.01 Å². The lowest BCUT2D eigenvalue weighted by atomic mass is 9.98. The van der Waals surface area contributed by atoms with Crippen LogP contribution >= 0.6 is 0 Å². The van der Waals surface area contributed by atoms with E-state index < -0.39 is 0 Å². The molecule has 4 nitrogen and oxygen atoms in total. The van der Waals surface area contributed by atoms with Crippen molar-refractivity contribution in [2.45, 2.75) is 19.4 Å². The number of carbonyl (C=O) groups is 1. The number of benzene rings is 2. The molecule has 0 saturated heterocycles. The molecule has 1 atom stereocenters. The molecule has 0 saturated carbocycles. The van der Waals surface area contributed by atoms with Gasteiger partial charge in [0.25, 0.3) is 0 Å². The molecule has 0 aromatic heterocycles. The number of rotatable bonds is 2. The molecule has 0 fully saturated rings. The third kappa shape index (κ3) is 2.52. The SMILES string of the molecule is CC(=O)N1N=C(c2ccccc2)CC1c1ccccc1O. The molecular formula is C17H16N2O2. The smallest absolute Gasteiger partial charge is 0.240 e. The van der Waals surface area contributed by atoms with Crippen LogP contribution in [0.3, 0.4) is 0 Å². The summed E-state index contributed by atoms with van der Waals surface area (Å²) >= 11 is 0. The van der Waals surface area contributed by atoms with Crippen molar-refractivity contribution in [3.05, 3.63) is 65.7 Å². The Balaban J connectivity index is 1.98. The van der Waals surface area contributed by atoms with Crippen LogP contribution in [0.15, 0.2) is 59.7 Å². The topological polar surface area (TPSA) is 52.9 Å². The van der Waals surface area contributed by atoms with Gasteiger partial charge in [-0.05, 0) is 11.6 Å². The van der Waals surface area contributed by atoms with E-state index in [0.29, 0.717) is 6.42 Å². The first-order valence-electron chi connectivity index (χ1n) is 6.87. The van der Waals surface area contributed by atoms with Crippen LogP contribution < -0.4 is 0 Å². The van der Waals surface area contributed by atoms with E-state index in [4.69, 9.17) is 0 Å². The van der Waals surface area contributed by atoms with Crippen LogP contribution in [0.5, 0.6) is 5.75 Å². The van der Waals surface area contributed by atoms with Crippen molar-refractivity contribution >= 4 is 11.6 Å². The highest BCUT2D eigenvalue weighted by atomic mass is 16.3. The highest BCUT2D eigenvalue weighted by Gasteiger charge is 2.32. The Hall–Kier alpha value is -2.62. The molecule has 2 aromatic carbocycles. The maximum absolute atomic E-state index is 11.9. The number of amides is 1. The van der Waals surface area contributed by atoms with Gasteiger partial charge in [0.05, 0.1) is 11.8 Å². The second kappa shape index (κ2) is 5.40. The van der Waals surface area contributed by atoms with Crippen LogP contribution in [0, 0.1) is 0 Å². The van der Waals surface area contributed by atoms with Gasteiger partial charge in [-0.3, -0.25) is 4.79 Å². The molecule has 1 aliphatic rings. The van der Waals surface area contributed by atoms with E-state index in [1.165, 1.54) is 11.9 Å². The van der Waals surface area contributed by atoms with Crippen LogP contribution in [-0.2, 0) is 4.79 Å². The Bertz CT molecular complexity index is 695. The number of hydrogen-bond acceptors (Lipinski definition) is 3. The van der Waals surface area contributed by atoms with Gasteiger partial charge in [0.2, 0.25) is 5.91 Å². The zero-order valence-corrected chi connectivity index (χ0v) is 11.7. The molecule has 1 heterocycles. The summed E-state index contributed by atoms with van der Waals surface area (Å²) in [7, 11) is 0. The number of hydrogen-bond donors (Lipinski definition) is 1. The monoisotopic (exact) mass is 280 g/mol. The van der Waals surface area contributed by atoms with Gasteiger partial charge in [-0.1, -0.05) is 48.5 Å². The van der Waals surface area contributed by atoms with Crippen molar-refractivity contribution in [1.82, 2.24) is 5.01 Å². The fourth-order valence-electron chi connectivity index (χ4n) is 2.62. The number of phenols is 1. The number of aromatic hydroxyl groups is 1. The van der Waals surface area contributed by atoms with Crippen molar-refractivity contribution in [3.63, 3.8) is 0 Å². The molecule has 1 N–H and O–H groups in total. The molecule has 2 aromatic rings. The predicted octanol–water partition coefficient (Wildman–Crippen LogP) is 3.09. The number of carbonyl (C=O) groups excluding carboxylic acids is 1. The summed E-state index contributed by atoms with van der Waals surface area (Å²) in [5, 5.41) is 15.9. The van der Waals surface area contributed by atoms with Crippen LogP contribution in [0.25, 0.3) is 0 Å². The van der Waals surface area contributed by atoms with Gasteiger partial charge in [-0.2, -0.15) is 5.10 Å². The first-order valence-corrected chi connectivity index (χ1v) is 6.87. The van der Waals surface area contributed by atoms with Crippen molar-refractivity contribution in [1.29, 1.82) is 0 Å². The lowest BCUT2D eigenvalue weighted by Gasteiger charge is -2.21. The highest BCUT2D eigenvalue weighted by molar-refractivity contribution is 6.03. The van der Waals surface area contributed by atoms with Crippen LogP contribution in [0.1, 0.15) is 30.5 Å². The molecular weight excluding hydrogens is 264 g/mol. The lowest BCUT2D eigenvalue weighted by Crippen LogP contribution is -2.24. The Morgan fingerprint density at radius 1 is 1.14 bits per heavy atom. The van der Waals surface area contributed by atoms with E-state index in [0.717, 1.165) is 16.8 Å². The summed E-state index contributed by atoms with van der Waals surface area (Å²) in [5.41, 5.74) is 2.59. The Morgan fingerprint density at radius 2 is 1.81 bits per heavy atom. The zero-order valence-electron chi connectivity index (χ0n) is 11.7.